The summed E-state index contributed by atoms with van der Waals surface area (Å²) in [7, 11) is 0. The van der Waals surface area contributed by atoms with Gasteiger partial charge in [-0.05, 0) is 32.2 Å². The number of carbonyl (C=O) groups excluding carboxylic acids is 2. The van der Waals surface area contributed by atoms with E-state index in [4.69, 9.17) is 15.6 Å². The highest BCUT2D eigenvalue weighted by Crippen LogP contribution is 2.10. The normalized spacial score (nSPS) is 15.3. The molecule has 1 fully saturated rings. The molecule has 0 aromatic heterocycles. The lowest BCUT2D eigenvalue weighted by molar-refractivity contribution is -0.144. The Labute approximate surface area is 182 Å². The predicted molar refractivity (Wildman–Crippen MR) is 119 cm³/mol. The zero-order chi connectivity index (χ0) is 22.5. The molecule has 1 amide bonds. The second-order valence-electron chi connectivity index (χ2n) is 8.00. The summed E-state index contributed by atoms with van der Waals surface area (Å²) in [5, 5.41) is 10.6. The van der Waals surface area contributed by atoms with E-state index in [0.29, 0.717) is 32.4 Å². The zero-order valence-corrected chi connectivity index (χ0v) is 19.0. The van der Waals surface area contributed by atoms with Gasteiger partial charge in [-0.25, -0.2) is 4.79 Å². The zero-order valence-electron chi connectivity index (χ0n) is 19.0. The molecule has 0 aromatic carbocycles. The first-order chi connectivity index (χ1) is 14.5. The largest absolute Gasteiger partial charge is 0.480 e. The highest BCUT2D eigenvalue weighted by atomic mass is 16.5. The van der Waals surface area contributed by atoms with Crippen molar-refractivity contribution in [3.05, 3.63) is 0 Å². The SMILES string of the molecule is CCCCCCCCCCCCOC(=O)CCCCCN.O=C1CC[C@@H](C(=O)O)N1. The van der Waals surface area contributed by atoms with Gasteiger partial charge in [0.1, 0.15) is 6.04 Å². The maximum Gasteiger partial charge on any atom is 0.326 e. The van der Waals surface area contributed by atoms with E-state index >= 15 is 0 Å². The van der Waals surface area contributed by atoms with Crippen LogP contribution in [0.15, 0.2) is 0 Å². The average molecular weight is 429 g/mol. The smallest absolute Gasteiger partial charge is 0.326 e. The van der Waals surface area contributed by atoms with Crippen LogP contribution < -0.4 is 11.1 Å². The van der Waals surface area contributed by atoms with Crippen molar-refractivity contribution >= 4 is 17.8 Å². The third-order valence-electron chi connectivity index (χ3n) is 5.14. The summed E-state index contributed by atoms with van der Waals surface area (Å²) >= 11 is 0. The molecule has 0 radical (unpaired) electrons. The van der Waals surface area contributed by atoms with E-state index in [2.05, 4.69) is 12.2 Å². The summed E-state index contributed by atoms with van der Waals surface area (Å²) in [6, 6.07) is -0.641. The van der Waals surface area contributed by atoms with Crippen molar-refractivity contribution in [2.24, 2.45) is 5.73 Å². The minimum Gasteiger partial charge on any atom is -0.480 e. The second kappa shape index (κ2) is 20.6. The van der Waals surface area contributed by atoms with Crippen LogP contribution in [-0.4, -0.2) is 42.1 Å². The monoisotopic (exact) mass is 428 g/mol. The lowest BCUT2D eigenvalue weighted by atomic mass is 10.1. The van der Waals surface area contributed by atoms with Crippen LogP contribution in [0.5, 0.6) is 0 Å². The summed E-state index contributed by atoms with van der Waals surface area (Å²) in [5.41, 5.74) is 5.41. The summed E-state index contributed by atoms with van der Waals surface area (Å²) in [5.74, 6) is -1.15. The molecule has 0 bridgehead atoms. The number of carboxylic acids is 1. The molecule has 1 aliphatic heterocycles. The van der Waals surface area contributed by atoms with E-state index in [1.807, 2.05) is 0 Å². The number of esters is 1. The number of carbonyl (C=O) groups is 3. The van der Waals surface area contributed by atoms with Gasteiger partial charge in [-0.3, -0.25) is 9.59 Å². The van der Waals surface area contributed by atoms with E-state index in [1.54, 1.807) is 0 Å². The van der Waals surface area contributed by atoms with Gasteiger partial charge in [0, 0.05) is 12.8 Å². The molecule has 1 atom stereocenters. The summed E-state index contributed by atoms with van der Waals surface area (Å²) in [6.07, 6.45) is 17.4. The molecule has 1 heterocycles. The third kappa shape index (κ3) is 18.4. The number of amides is 1. The Balaban J connectivity index is 0.000000769. The quantitative estimate of drug-likeness (QED) is 0.234. The highest BCUT2D eigenvalue weighted by Gasteiger charge is 2.26. The fraction of sp³-hybridized carbons (Fsp3) is 0.870. The topological polar surface area (TPSA) is 119 Å². The Morgan fingerprint density at radius 2 is 1.53 bits per heavy atom. The van der Waals surface area contributed by atoms with Crippen LogP contribution in [0.4, 0.5) is 0 Å². The molecular weight excluding hydrogens is 384 g/mol. The first-order valence-electron chi connectivity index (χ1n) is 11.9. The van der Waals surface area contributed by atoms with E-state index in [1.165, 1.54) is 57.8 Å². The summed E-state index contributed by atoms with van der Waals surface area (Å²) in [6.45, 7) is 3.58. The van der Waals surface area contributed by atoms with Gasteiger partial charge in [-0.1, -0.05) is 71.1 Å². The van der Waals surface area contributed by atoms with Crippen molar-refractivity contribution in [1.82, 2.24) is 5.32 Å². The number of hydrogen-bond acceptors (Lipinski definition) is 5. The van der Waals surface area contributed by atoms with Crippen LogP contribution in [0.1, 0.15) is 110 Å². The average Bonchev–Trinajstić information content (AvgIpc) is 3.17. The molecule has 0 unspecified atom stereocenters. The summed E-state index contributed by atoms with van der Waals surface area (Å²) < 4.78 is 5.22. The molecule has 7 heteroatoms. The highest BCUT2D eigenvalue weighted by molar-refractivity contribution is 5.87. The number of ether oxygens (including phenoxy) is 1. The number of hydrogen-bond donors (Lipinski definition) is 3. The standard InChI is InChI=1S/C18H37NO2.C5H7NO3/c1-2-3-4-5-6-7-8-9-10-14-17-21-18(20)15-12-11-13-16-19;7-4-2-1-3(6-4)5(8)9/h2-17,19H2,1H3;3H,1-2H2,(H,6,7)(H,8,9)/t;3-/m.0/s1. The van der Waals surface area contributed by atoms with Crippen LogP contribution in [0.2, 0.25) is 0 Å². The van der Waals surface area contributed by atoms with Crippen molar-refractivity contribution < 1.29 is 24.2 Å². The van der Waals surface area contributed by atoms with Gasteiger partial charge in [0.2, 0.25) is 5.91 Å². The van der Waals surface area contributed by atoms with Crippen LogP contribution in [0.3, 0.4) is 0 Å². The molecule has 4 N–H and O–H groups in total. The van der Waals surface area contributed by atoms with Crippen molar-refractivity contribution in [2.75, 3.05) is 13.2 Å². The van der Waals surface area contributed by atoms with Gasteiger partial charge in [0.25, 0.3) is 0 Å². The van der Waals surface area contributed by atoms with Crippen molar-refractivity contribution in [3.63, 3.8) is 0 Å². The van der Waals surface area contributed by atoms with Crippen LogP contribution in [0, 0.1) is 0 Å². The number of rotatable bonds is 17. The Morgan fingerprint density at radius 1 is 0.967 bits per heavy atom. The van der Waals surface area contributed by atoms with Crippen molar-refractivity contribution in [1.29, 1.82) is 0 Å². The van der Waals surface area contributed by atoms with Gasteiger partial charge in [-0.2, -0.15) is 0 Å². The predicted octanol–water partition coefficient (Wildman–Crippen LogP) is 4.32. The Morgan fingerprint density at radius 3 is 2.00 bits per heavy atom. The lowest BCUT2D eigenvalue weighted by Crippen LogP contribution is -2.32. The maximum absolute atomic E-state index is 11.4. The third-order valence-corrected chi connectivity index (χ3v) is 5.14. The molecule has 1 rings (SSSR count). The molecule has 176 valence electrons. The van der Waals surface area contributed by atoms with Gasteiger partial charge < -0.3 is 20.9 Å². The Hall–Kier alpha value is -1.63. The molecule has 1 saturated heterocycles. The lowest BCUT2D eigenvalue weighted by Gasteiger charge is -2.05. The number of aliphatic carboxylic acids is 1. The number of carboxylic acid groups (broad SMARTS) is 1. The minimum atomic E-state index is -0.944. The number of nitrogens with two attached hydrogens (primary N) is 1. The maximum atomic E-state index is 11.4. The first kappa shape index (κ1) is 28.4. The van der Waals surface area contributed by atoms with Crippen molar-refractivity contribution in [3.8, 4) is 0 Å². The van der Waals surface area contributed by atoms with Crippen molar-refractivity contribution in [2.45, 2.75) is 116 Å². The summed E-state index contributed by atoms with van der Waals surface area (Å²) in [4.78, 5) is 31.9. The van der Waals surface area contributed by atoms with Crippen LogP contribution in [-0.2, 0) is 19.1 Å². The second-order valence-corrected chi connectivity index (χ2v) is 8.00. The van der Waals surface area contributed by atoms with E-state index in [9.17, 15) is 14.4 Å². The Bertz CT molecular complexity index is 457. The van der Waals surface area contributed by atoms with Crippen LogP contribution >= 0.6 is 0 Å². The molecule has 0 saturated carbocycles. The molecular formula is C23H44N2O5. The van der Waals surface area contributed by atoms with Gasteiger partial charge in [0.05, 0.1) is 6.61 Å². The van der Waals surface area contributed by atoms with E-state index < -0.39 is 12.0 Å². The van der Waals surface area contributed by atoms with Gasteiger partial charge >= 0.3 is 11.9 Å². The van der Waals surface area contributed by atoms with E-state index in [0.717, 1.165) is 25.7 Å². The molecule has 30 heavy (non-hydrogen) atoms. The molecule has 0 aliphatic carbocycles. The first-order valence-corrected chi connectivity index (χ1v) is 11.9. The molecule has 0 spiro atoms. The fourth-order valence-electron chi connectivity index (χ4n) is 3.24. The van der Waals surface area contributed by atoms with Crippen LogP contribution in [0.25, 0.3) is 0 Å². The molecule has 1 aliphatic rings. The van der Waals surface area contributed by atoms with E-state index in [-0.39, 0.29) is 11.9 Å². The van der Waals surface area contributed by atoms with Gasteiger partial charge in [0.15, 0.2) is 0 Å². The number of nitrogens with one attached hydrogen (secondary N) is 1. The molecule has 7 nitrogen and oxygen atoms in total. The minimum absolute atomic E-state index is 0.0389. The Kier molecular flexibility index (Phi) is 19.5. The van der Waals surface area contributed by atoms with Gasteiger partial charge in [-0.15, -0.1) is 0 Å². The molecule has 0 aromatic rings. The fourth-order valence-corrected chi connectivity index (χ4v) is 3.24. The number of unbranched alkanes of at least 4 members (excludes halogenated alkanes) is 11.